The first kappa shape index (κ1) is 25.0. The topological polar surface area (TPSA) is 0 Å². The van der Waals surface area contributed by atoms with Crippen molar-refractivity contribution < 1.29 is 16.9 Å². The van der Waals surface area contributed by atoms with E-state index in [0.717, 1.165) is 9.94 Å². The molecule has 0 saturated carbocycles. The van der Waals surface area contributed by atoms with Crippen LogP contribution in [-0.2, 0) is 0 Å². The fraction of sp³-hybridized carbons (Fsp3) is 1.00. The number of quaternary nitrogens is 1. The predicted molar refractivity (Wildman–Crippen MR) is 101 cm³/mol. The summed E-state index contributed by atoms with van der Waals surface area (Å²) in [5.41, 5.74) is 1.07. The number of hydrogen-bond donors (Lipinski definition) is 0. The highest BCUT2D eigenvalue weighted by Crippen LogP contribution is 2.13. The Bertz CT molecular complexity index is 210. The minimum atomic E-state index is 0. The first-order valence-corrected chi connectivity index (χ1v) is 10.6. The first-order valence-electron chi connectivity index (χ1n) is 9.50. The van der Waals surface area contributed by atoms with Crippen LogP contribution in [0.3, 0.4) is 0 Å². The molecular weight excluding hydrogens is 358 g/mol. The van der Waals surface area contributed by atoms with Crippen LogP contribution in [-0.4, -0.2) is 30.6 Å². The van der Waals surface area contributed by atoms with E-state index in [9.17, 15) is 0 Å². The van der Waals surface area contributed by atoms with Gasteiger partial charge in [0.25, 0.3) is 0 Å². The van der Waals surface area contributed by atoms with Crippen LogP contribution in [0.25, 0.3) is 0 Å². The summed E-state index contributed by atoms with van der Waals surface area (Å²) in [4.78, 5) is 0. The van der Waals surface area contributed by atoms with Crippen LogP contribution in [0, 0.1) is 0 Å². The highest BCUT2D eigenvalue weighted by molar-refractivity contribution is 9.09. The maximum atomic E-state index is 3.58. The van der Waals surface area contributed by atoms with Crippen molar-refractivity contribution in [3.8, 4) is 0 Å². The average molecular weight is 399 g/mol. The molecule has 0 aromatic carbocycles. The van der Waals surface area contributed by atoms with Crippen LogP contribution in [0.4, 0.5) is 0 Å². The number of hydrogen-bond acceptors (Lipinski definition) is 0. The van der Waals surface area contributed by atoms with E-state index in [2.05, 4.69) is 36.9 Å². The van der Waals surface area contributed by atoms with Crippen molar-refractivity contribution in [2.75, 3.05) is 26.1 Å². The van der Waals surface area contributed by atoms with E-state index in [1.807, 2.05) is 0 Å². The van der Waals surface area contributed by atoms with Crippen LogP contribution in [0.15, 0.2) is 0 Å². The molecule has 1 nitrogen and oxygen atoms in total. The van der Waals surface area contributed by atoms with Gasteiger partial charge in [-0.15, -0.1) is 0 Å². The fourth-order valence-electron chi connectivity index (χ4n) is 2.79. The largest absolute Gasteiger partial charge is 1.00 e. The lowest BCUT2D eigenvalue weighted by molar-refractivity contribution is -0.876. The quantitative estimate of drug-likeness (QED) is 0.160. The zero-order valence-electron chi connectivity index (χ0n) is 15.5. The Morgan fingerprint density at radius 1 is 0.591 bits per heavy atom. The zero-order chi connectivity index (χ0) is 15.8. The van der Waals surface area contributed by atoms with Gasteiger partial charge in [-0.2, -0.15) is 0 Å². The van der Waals surface area contributed by atoms with E-state index in [1.54, 1.807) is 0 Å². The maximum absolute atomic E-state index is 3.58. The monoisotopic (exact) mass is 397 g/mol. The average Bonchev–Trinajstić information content (AvgIpc) is 2.47. The summed E-state index contributed by atoms with van der Waals surface area (Å²) in [5.74, 6) is 0. The highest BCUT2D eigenvalue weighted by Gasteiger charge is 2.10. The molecule has 0 unspecified atom stereocenters. The molecule has 0 atom stereocenters. The van der Waals surface area contributed by atoms with Crippen molar-refractivity contribution in [1.82, 2.24) is 0 Å². The molecule has 136 valence electrons. The van der Waals surface area contributed by atoms with Crippen LogP contribution < -0.4 is 12.4 Å². The SMILES string of the molecule is CCCCCCCCCCCCCCCC[N+](C)(C)CBr.[Cl-]. The van der Waals surface area contributed by atoms with Crippen LogP contribution in [0.2, 0.25) is 0 Å². The van der Waals surface area contributed by atoms with E-state index in [4.69, 9.17) is 0 Å². The van der Waals surface area contributed by atoms with Gasteiger partial charge in [-0.05, 0) is 28.8 Å². The molecule has 0 bridgehead atoms. The number of halogens is 2. The molecule has 0 aromatic rings. The summed E-state index contributed by atoms with van der Waals surface area (Å²) in [6.45, 7) is 3.60. The van der Waals surface area contributed by atoms with Gasteiger partial charge in [0.1, 0.15) is 5.45 Å². The molecule has 22 heavy (non-hydrogen) atoms. The minimum absolute atomic E-state index is 0. The molecule has 0 radical (unpaired) electrons. The molecule has 0 rings (SSSR count). The van der Waals surface area contributed by atoms with Crippen molar-refractivity contribution in [1.29, 1.82) is 0 Å². The Kier molecular flexibility index (Phi) is 20.5. The van der Waals surface area contributed by atoms with E-state index >= 15 is 0 Å². The van der Waals surface area contributed by atoms with Crippen LogP contribution in [0.5, 0.6) is 0 Å². The summed E-state index contributed by atoms with van der Waals surface area (Å²) < 4.78 is 1.11. The second-order valence-electron chi connectivity index (χ2n) is 7.38. The Labute approximate surface area is 155 Å². The summed E-state index contributed by atoms with van der Waals surface area (Å²) >= 11 is 3.58. The number of unbranched alkanes of at least 4 members (excludes halogenated alkanes) is 13. The van der Waals surface area contributed by atoms with Gasteiger partial charge in [0.15, 0.2) is 0 Å². The van der Waals surface area contributed by atoms with E-state index in [0.29, 0.717) is 0 Å². The molecule has 0 aliphatic rings. The second-order valence-corrected chi connectivity index (χ2v) is 7.88. The van der Waals surface area contributed by atoms with Crippen molar-refractivity contribution >= 4 is 15.9 Å². The molecular formula is C19H41BrClN. The third kappa shape index (κ3) is 18.8. The molecule has 0 aliphatic carbocycles. The van der Waals surface area contributed by atoms with E-state index in [1.165, 1.54) is 96.4 Å². The van der Waals surface area contributed by atoms with Crippen molar-refractivity contribution in [2.24, 2.45) is 0 Å². The lowest BCUT2D eigenvalue weighted by Gasteiger charge is -2.26. The van der Waals surface area contributed by atoms with Crippen molar-refractivity contribution in [3.05, 3.63) is 0 Å². The van der Waals surface area contributed by atoms with Gasteiger partial charge >= 0.3 is 0 Å². The van der Waals surface area contributed by atoms with Gasteiger partial charge in [-0.1, -0.05) is 84.0 Å². The second kappa shape index (κ2) is 18.1. The fourth-order valence-corrected chi connectivity index (χ4v) is 3.04. The molecule has 0 heterocycles. The number of rotatable bonds is 16. The molecule has 0 saturated heterocycles. The van der Waals surface area contributed by atoms with Gasteiger partial charge in [0, 0.05) is 0 Å². The third-order valence-electron chi connectivity index (χ3n) is 4.44. The molecule has 0 spiro atoms. The Morgan fingerprint density at radius 3 is 1.23 bits per heavy atom. The third-order valence-corrected chi connectivity index (χ3v) is 5.80. The van der Waals surface area contributed by atoms with Gasteiger partial charge in [0.2, 0.25) is 0 Å². The summed E-state index contributed by atoms with van der Waals surface area (Å²) in [7, 11) is 4.61. The predicted octanol–water partition coefficient (Wildman–Crippen LogP) is 3.90. The molecule has 0 fully saturated rings. The lowest BCUT2D eigenvalue weighted by atomic mass is 10.0. The molecule has 3 heteroatoms. The van der Waals surface area contributed by atoms with Gasteiger partial charge in [0.05, 0.1) is 20.6 Å². The number of alkyl halides is 1. The smallest absolute Gasteiger partial charge is 0.133 e. The normalized spacial score (nSPS) is 11.5. The summed E-state index contributed by atoms with van der Waals surface area (Å²) in [6, 6.07) is 0. The van der Waals surface area contributed by atoms with Crippen molar-refractivity contribution in [3.63, 3.8) is 0 Å². The highest BCUT2D eigenvalue weighted by atomic mass is 79.9. The summed E-state index contributed by atoms with van der Waals surface area (Å²) in [6.07, 6.45) is 20.3. The molecule has 0 amide bonds. The standard InChI is InChI=1S/C19H41BrN.ClH/c1-4-5-6-7-8-9-10-11-12-13-14-15-16-17-18-21(2,3)19-20;/h4-19H2,1-3H3;1H/q+1;/p-1. The minimum Gasteiger partial charge on any atom is -1.00 e. The Morgan fingerprint density at radius 2 is 0.909 bits per heavy atom. The summed E-state index contributed by atoms with van der Waals surface area (Å²) in [5, 5.41) is 0. The Hall–Kier alpha value is 0.730. The molecule has 0 N–H and O–H groups in total. The Balaban J connectivity index is 0. The van der Waals surface area contributed by atoms with Gasteiger partial charge in [-0.3, -0.25) is 0 Å². The number of nitrogens with zero attached hydrogens (tertiary/aromatic N) is 1. The zero-order valence-corrected chi connectivity index (χ0v) is 17.9. The molecule has 0 aliphatic heterocycles. The van der Waals surface area contributed by atoms with E-state index in [-0.39, 0.29) is 12.4 Å². The van der Waals surface area contributed by atoms with Crippen molar-refractivity contribution in [2.45, 2.75) is 96.8 Å². The first-order chi connectivity index (χ1) is 10.1. The van der Waals surface area contributed by atoms with Crippen LogP contribution >= 0.6 is 15.9 Å². The van der Waals surface area contributed by atoms with Crippen LogP contribution in [0.1, 0.15) is 96.8 Å². The molecule has 0 aromatic heterocycles. The maximum Gasteiger partial charge on any atom is 0.133 e. The van der Waals surface area contributed by atoms with E-state index < -0.39 is 0 Å². The van der Waals surface area contributed by atoms with Gasteiger partial charge < -0.3 is 16.9 Å². The lowest BCUT2D eigenvalue weighted by Crippen LogP contribution is -3.00. The van der Waals surface area contributed by atoms with Gasteiger partial charge in [-0.25, -0.2) is 0 Å².